The molecule has 0 rings (SSSR count). The molecule has 0 fully saturated rings. The molecule has 0 aromatic carbocycles. The Morgan fingerprint density at radius 1 is 1.00 bits per heavy atom. The first-order chi connectivity index (χ1) is 16.5. The summed E-state index contributed by atoms with van der Waals surface area (Å²) >= 11 is 0. The summed E-state index contributed by atoms with van der Waals surface area (Å²) < 4.78 is 15.6. The zero-order valence-electron chi connectivity index (χ0n) is 20.4. The number of allylic oxidation sites excluding steroid dienone is 4. The van der Waals surface area contributed by atoms with Crippen molar-refractivity contribution in [3.63, 3.8) is 0 Å². The molecule has 0 aliphatic heterocycles. The number of ether oxygens (including phenoxy) is 3. The normalized spacial score (nSPS) is 10.4. The molecule has 0 aromatic rings. The average Bonchev–Trinajstić information content (AvgIpc) is 2.83. The Morgan fingerprint density at radius 2 is 1.62 bits per heavy atom. The Balaban J connectivity index is 0. The SMILES string of the molecule is C=C/C(C#CC#N)=C\C=C\NC(=O)CCCNC(=O)CCOCCOCCOCCO.CCC. The second kappa shape index (κ2) is 28.1. The summed E-state index contributed by atoms with van der Waals surface area (Å²) in [5.41, 5.74) is 0.565. The molecule has 0 radical (unpaired) electrons. The van der Waals surface area contributed by atoms with Crippen LogP contribution < -0.4 is 10.6 Å². The number of aliphatic hydroxyl groups excluding tert-OH is 1. The molecule has 190 valence electrons. The standard InChI is InChI=1S/C22H31N3O6.C3H8/c1-2-20(6-3-10-23)7-4-11-24-21(27)8-5-12-25-22(28)9-14-29-16-18-31-19-17-30-15-13-26;1-3-2/h2,4,7,11,26H,1,5,8-9,12-19H2,(H,24,27)(H,25,28);3H2,1-2H3/b11-4+,20-7+;. The summed E-state index contributed by atoms with van der Waals surface area (Å²) in [6.07, 6.45) is 8.48. The third-order valence-corrected chi connectivity index (χ3v) is 3.45. The Labute approximate surface area is 203 Å². The molecule has 0 bridgehead atoms. The van der Waals surface area contributed by atoms with E-state index in [2.05, 4.69) is 42.9 Å². The van der Waals surface area contributed by atoms with Crippen molar-refractivity contribution in [1.82, 2.24) is 10.6 Å². The lowest BCUT2D eigenvalue weighted by atomic mass is 10.2. The number of nitrogens with one attached hydrogen (secondary N) is 2. The predicted molar refractivity (Wildman–Crippen MR) is 131 cm³/mol. The van der Waals surface area contributed by atoms with Crippen LogP contribution in [0.25, 0.3) is 0 Å². The van der Waals surface area contributed by atoms with Crippen LogP contribution in [-0.4, -0.2) is 69.7 Å². The maximum Gasteiger partial charge on any atom is 0.223 e. The summed E-state index contributed by atoms with van der Waals surface area (Å²) in [7, 11) is 0. The number of rotatable bonds is 18. The number of nitriles is 1. The first-order valence-electron chi connectivity index (χ1n) is 11.3. The molecule has 0 atom stereocenters. The summed E-state index contributed by atoms with van der Waals surface area (Å²) in [6.45, 7) is 10.5. The predicted octanol–water partition coefficient (Wildman–Crippen LogP) is 2.00. The second-order valence-corrected chi connectivity index (χ2v) is 6.59. The minimum Gasteiger partial charge on any atom is -0.394 e. The van der Waals surface area contributed by atoms with Gasteiger partial charge in [0.2, 0.25) is 11.8 Å². The van der Waals surface area contributed by atoms with E-state index in [0.717, 1.165) is 0 Å². The molecule has 0 spiro atoms. The number of nitrogens with zero attached hydrogens (tertiary/aromatic N) is 1. The third kappa shape index (κ3) is 27.1. The van der Waals surface area contributed by atoms with Gasteiger partial charge in [-0.2, -0.15) is 5.26 Å². The maximum atomic E-state index is 11.7. The van der Waals surface area contributed by atoms with Gasteiger partial charge in [-0.15, -0.1) is 0 Å². The monoisotopic (exact) mass is 477 g/mol. The van der Waals surface area contributed by atoms with Crippen molar-refractivity contribution in [2.24, 2.45) is 0 Å². The summed E-state index contributed by atoms with van der Waals surface area (Å²) in [6, 6.07) is 1.71. The smallest absolute Gasteiger partial charge is 0.223 e. The van der Waals surface area contributed by atoms with Crippen LogP contribution in [0.5, 0.6) is 0 Å². The van der Waals surface area contributed by atoms with E-state index in [1.807, 2.05) is 0 Å². The van der Waals surface area contributed by atoms with Crippen molar-refractivity contribution in [2.45, 2.75) is 39.5 Å². The van der Waals surface area contributed by atoms with E-state index >= 15 is 0 Å². The molecule has 9 nitrogen and oxygen atoms in total. The number of hydrogen-bond acceptors (Lipinski definition) is 7. The quantitative estimate of drug-likeness (QED) is 0.156. The van der Waals surface area contributed by atoms with Crippen molar-refractivity contribution in [2.75, 3.05) is 52.8 Å². The molecular formula is C25H39N3O6. The molecule has 0 aliphatic rings. The lowest BCUT2D eigenvalue weighted by Gasteiger charge is -2.07. The minimum absolute atomic E-state index is 0.00727. The Kier molecular flexibility index (Phi) is 27.4. The van der Waals surface area contributed by atoms with E-state index in [-0.39, 0.29) is 31.3 Å². The highest BCUT2D eigenvalue weighted by Gasteiger charge is 2.02. The fourth-order valence-electron chi connectivity index (χ4n) is 1.96. The number of amides is 2. The van der Waals surface area contributed by atoms with Gasteiger partial charge in [0.15, 0.2) is 6.07 Å². The number of aliphatic hydroxyl groups is 1. The fraction of sp³-hybridized carbons (Fsp3) is 0.560. The van der Waals surface area contributed by atoms with E-state index in [1.54, 1.807) is 18.2 Å². The molecule has 0 saturated carbocycles. The Bertz CT molecular complexity index is 702. The van der Waals surface area contributed by atoms with E-state index < -0.39 is 0 Å². The van der Waals surface area contributed by atoms with Crippen LogP contribution in [0.2, 0.25) is 0 Å². The minimum atomic E-state index is -0.174. The molecule has 0 heterocycles. The lowest BCUT2D eigenvalue weighted by Crippen LogP contribution is -2.27. The molecule has 2 amide bonds. The van der Waals surface area contributed by atoms with Crippen molar-refractivity contribution in [3.8, 4) is 17.9 Å². The highest BCUT2D eigenvalue weighted by molar-refractivity contribution is 5.77. The average molecular weight is 478 g/mol. The first-order valence-corrected chi connectivity index (χ1v) is 11.3. The Morgan fingerprint density at radius 3 is 2.21 bits per heavy atom. The van der Waals surface area contributed by atoms with Crippen LogP contribution in [0.4, 0.5) is 0 Å². The molecule has 0 aromatic heterocycles. The summed E-state index contributed by atoms with van der Waals surface area (Å²) in [5, 5.41) is 22.3. The maximum absolute atomic E-state index is 11.7. The Hall–Kier alpha value is -2.95. The summed E-state index contributed by atoms with van der Waals surface area (Å²) in [4.78, 5) is 23.4. The van der Waals surface area contributed by atoms with Crippen LogP contribution in [0.1, 0.15) is 39.5 Å². The van der Waals surface area contributed by atoms with Gasteiger partial charge in [-0.1, -0.05) is 38.8 Å². The largest absolute Gasteiger partial charge is 0.394 e. The lowest BCUT2D eigenvalue weighted by molar-refractivity contribution is -0.123. The van der Waals surface area contributed by atoms with E-state index in [1.165, 1.54) is 18.7 Å². The molecule has 9 heteroatoms. The topological polar surface area (TPSA) is 130 Å². The van der Waals surface area contributed by atoms with Gasteiger partial charge in [0.05, 0.1) is 46.2 Å². The van der Waals surface area contributed by atoms with Gasteiger partial charge in [0, 0.05) is 37.1 Å². The molecule has 0 unspecified atom stereocenters. The molecule has 34 heavy (non-hydrogen) atoms. The molecule has 0 saturated heterocycles. The number of carbonyl (C=O) groups excluding carboxylic acids is 2. The van der Waals surface area contributed by atoms with Gasteiger partial charge < -0.3 is 30.0 Å². The van der Waals surface area contributed by atoms with Crippen molar-refractivity contribution in [1.29, 1.82) is 5.26 Å². The highest BCUT2D eigenvalue weighted by Crippen LogP contribution is 1.94. The molecular weight excluding hydrogens is 438 g/mol. The van der Waals surface area contributed by atoms with Gasteiger partial charge >= 0.3 is 0 Å². The van der Waals surface area contributed by atoms with Crippen LogP contribution in [0, 0.1) is 23.2 Å². The zero-order chi connectivity index (χ0) is 25.7. The number of carbonyl (C=O) groups is 2. The second-order valence-electron chi connectivity index (χ2n) is 6.59. The summed E-state index contributed by atoms with van der Waals surface area (Å²) in [5.74, 6) is 4.54. The van der Waals surface area contributed by atoms with E-state index in [4.69, 9.17) is 24.6 Å². The van der Waals surface area contributed by atoms with Crippen LogP contribution in [-0.2, 0) is 23.8 Å². The van der Waals surface area contributed by atoms with Crippen LogP contribution >= 0.6 is 0 Å². The van der Waals surface area contributed by atoms with Gasteiger partial charge in [0.1, 0.15) is 0 Å². The van der Waals surface area contributed by atoms with Gasteiger partial charge in [-0.3, -0.25) is 9.59 Å². The van der Waals surface area contributed by atoms with E-state index in [0.29, 0.717) is 58.2 Å². The van der Waals surface area contributed by atoms with Crippen molar-refractivity contribution in [3.05, 3.63) is 36.6 Å². The highest BCUT2D eigenvalue weighted by atomic mass is 16.5. The first kappa shape index (κ1) is 33.2. The fourth-order valence-corrected chi connectivity index (χ4v) is 1.96. The molecule has 3 N–H and O–H groups in total. The van der Waals surface area contributed by atoms with Gasteiger partial charge in [-0.25, -0.2) is 0 Å². The van der Waals surface area contributed by atoms with Crippen molar-refractivity contribution < 1.29 is 28.9 Å². The third-order valence-electron chi connectivity index (χ3n) is 3.45. The van der Waals surface area contributed by atoms with E-state index in [9.17, 15) is 9.59 Å². The zero-order valence-corrected chi connectivity index (χ0v) is 20.4. The number of hydrogen-bond donors (Lipinski definition) is 3. The van der Waals surface area contributed by atoms with Crippen LogP contribution in [0.15, 0.2) is 36.6 Å². The van der Waals surface area contributed by atoms with Crippen LogP contribution in [0.3, 0.4) is 0 Å². The van der Waals surface area contributed by atoms with Gasteiger partial charge in [-0.05, 0) is 18.6 Å². The van der Waals surface area contributed by atoms with Gasteiger partial charge in [0.25, 0.3) is 0 Å². The van der Waals surface area contributed by atoms with Crippen molar-refractivity contribution >= 4 is 11.8 Å². The molecule has 0 aliphatic carbocycles.